The maximum absolute atomic E-state index is 5.73. The Morgan fingerprint density at radius 3 is 1.05 bits per heavy atom. The van der Waals surface area contributed by atoms with E-state index in [0.717, 1.165) is 98.7 Å². The molecule has 6 unspecified atom stereocenters. The van der Waals surface area contributed by atoms with Crippen LogP contribution < -0.4 is 0 Å². The van der Waals surface area contributed by atoms with Crippen LogP contribution in [0.1, 0.15) is 169 Å². The summed E-state index contributed by atoms with van der Waals surface area (Å²) in [6.45, 7) is 66.0. The fourth-order valence-corrected chi connectivity index (χ4v) is 11.4. The molecule has 0 aromatic carbocycles. The van der Waals surface area contributed by atoms with Gasteiger partial charge < -0.3 is 124 Å². The third kappa shape index (κ3) is 74.9. The molecule has 0 saturated carbocycles. The van der Waals surface area contributed by atoms with E-state index in [1.54, 1.807) is 14.2 Å². The molecule has 7 aliphatic rings. The molecule has 0 radical (unpaired) electrons. The van der Waals surface area contributed by atoms with Crippen LogP contribution in [-0.4, -0.2) is 409 Å². The van der Waals surface area contributed by atoms with Gasteiger partial charge in [-0.15, -0.1) is 0 Å². The number of hydrogen-bond donors (Lipinski definition) is 0. The maximum Gasteiger partial charge on any atom is 0.115 e. The number of ether oxygens (including phenoxy) is 22. The molecule has 0 aromatic rings. The normalized spacial score (nSPS) is 21.2. The number of likely N-dealkylation sites (tertiary alicyclic amines) is 2. The van der Waals surface area contributed by atoms with E-state index in [-0.39, 0.29) is 42.7 Å². The molecule has 7 fully saturated rings. The Hall–Kier alpha value is -1.08. The highest BCUT2D eigenvalue weighted by atomic mass is 16.6. The fraction of sp³-hybridized carbons (Fsp3) is 1.00. The van der Waals surface area contributed by atoms with Gasteiger partial charge in [-0.1, -0.05) is 12.8 Å². The summed E-state index contributed by atoms with van der Waals surface area (Å²) >= 11 is 0. The second-order valence-corrected chi connectivity index (χ2v) is 31.0. The van der Waals surface area contributed by atoms with Crippen molar-refractivity contribution in [1.82, 2.24) is 24.5 Å². The molecular formula is C84H175N5O22. The van der Waals surface area contributed by atoms with Crippen molar-refractivity contribution in [1.29, 1.82) is 0 Å². The van der Waals surface area contributed by atoms with Gasteiger partial charge >= 0.3 is 0 Å². The van der Waals surface area contributed by atoms with Crippen LogP contribution in [0.5, 0.6) is 0 Å². The van der Waals surface area contributed by atoms with Crippen molar-refractivity contribution in [2.24, 2.45) is 0 Å². The molecule has 111 heavy (non-hydrogen) atoms. The minimum atomic E-state index is 0.0101. The van der Waals surface area contributed by atoms with Gasteiger partial charge in [-0.3, -0.25) is 4.90 Å². The zero-order valence-corrected chi connectivity index (χ0v) is 74.9. The molecule has 7 saturated heterocycles. The van der Waals surface area contributed by atoms with Crippen LogP contribution in [0.2, 0.25) is 0 Å². The predicted molar refractivity (Wildman–Crippen MR) is 443 cm³/mol. The molecule has 0 aliphatic carbocycles. The average Bonchev–Trinajstić information content (AvgIpc) is 1.66. The Morgan fingerprint density at radius 1 is 0.324 bits per heavy atom. The quantitative estimate of drug-likeness (QED) is 0.0517. The molecule has 6 atom stereocenters. The summed E-state index contributed by atoms with van der Waals surface area (Å²) in [5.74, 6) is 0. The van der Waals surface area contributed by atoms with E-state index in [2.05, 4.69) is 31.5 Å². The lowest BCUT2D eigenvalue weighted by molar-refractivity contribution is -0.119. The molecule has 0 spiro atoms. The van der Waals surface area contributed by atoms with Gasteiger partial charge in [0.1, 0.15) is 30.5 Å². The van der Waals surface area contributed by atoms with E-state index in [1.165, 1.54) is 104 Å². The number of methoxy groups -OCH3 is 2. The van der Waals surface area contributed by atoms with Gasteiger partial charge in [-0.25, -0.2) is 0 Å². The lowest BCUT2D eigenvalue weighted by atomic mass is 10.1. The highest BCUT2D eigenvalue weighted by molar-refractivity contribution is 4.95. The molecule has 7 rings (SSSR count). The van der Waals surface area contributed by atoms with Crippen LogP contribution in [0.25, 0.3) is 0 Å². The SMILES string of the molecule is CC(C)OCCOCC1CCCCO1.CC(C)OCCOCC1COCCO1.CC(C)OCCOCCN(C)C.CC(C)OCCOCCN1CCCCC1.CC(C)OCCOCCN1CCCCC1.CC(C)OCCOCCN1CCN(C)CC1.COC1COC2C(OCCOC(C)C)COC12.COCCOC(C)C. The molecule has 7 heterocycles. The summed E-state index contributed by atoms with van der Waals surface area (Å²) in [7, 11) is 9.60. The topological polar surface area (TPSA) is 219 Å². The number of nitrogens with zero attached hydrogens (tertiary/aromatic N) is 5. The molecular weight excluding hydrogens is 1430 g/mol. The van der Waals surface area contributed by atoms with E-state index in [4.69, 9.17) is 104 Å². The molecule has 0 N–H and O–H groups in total. The molecule has 0 amide bonds. The Kier molecular flexibility index (Phi) is 78.0. The third-order valence-corrected chi connectivity index (χ3v) is 17.5. The average molecular weight is 1610 g/mol. The lowest BCUT2D eigenvalue weighted by Crippen LogP contribution is -2.45. The first kappa shape index (κ1) is 110. The predicted octanol–water partition coefficient (Wildman–Crippen LogP) is 10.0. The van der Waals surface area contributed by atoms with Crippen LogP contribution >= 0.6 is 0 Å². The first-order valence-corrected chi connectivity index (χ1v) is 43.0. The molecule has 668 valence electrons. The first-order chi connectivity index (χ1) is 53.4. The van der Waals surface area contributed by atoms with Crippen molar-refractivity contribution >= 4 is 0 Å². The second-order valence-electron chi connectivity index (χ2n) is 31.0. The van der Waals surface area contributed by atoms with Crippen LogP contribution in [0.3, 0.4) is 0 Å². The molecule has 0 bridgehead atoms. The third-order valence-electron chi connectivity index (χ3n) is 17.5. The number of piperidine rings is 2. The van der Waals surface area contributed by atoms with Gasteiger partial charge in [0.05, 0.1) is 233 Å². The smallest absolute Gasteiger partial charge is 0.115 e. The van der Waals surface area contributed by atoms with Gasteiger partial charge in [0.2, 0.25) is 0 Å². The molecule has 27 nitrogen and oxygen atoms in total. The van der Waals surface area contributed by atoms with Crippen LogP contribution in [-0.2, 0) is 104 Å². The standard InChI is InChI=1S/C12H26N2O2.2C12H25NO2.C12H22O5.C11H22O3.C10H20O4.C9H21NO2.C6H14O2/c1-12(2)16-11-10-15-9-8-14-6-4-13(3)5-7-14;2*1-12(2)15-11-10-14-9-8-13-6-4-3-5-7-13;1-8(2)14-4-5-15-10-7-17-11-9(13-3)6-16-12(10)11;1-10(2)13-8-7-12-9-11-5-3-4-6-14-11;1-9(2)13-5-3-11-7-10-8-12-4-6-14-10;1-9(2)12-8-7-11-6-5-10(3)4;1-6(2)8-5-4-7-3/h12H,4-11H2,1-3H3;2*12H,3-11H2,1-2H3;8-12H,4-7H2,1-3H3;10-11H,3-9H2,1-2H3;9-10H,3-8H2,1-2H3;9H,5-8H2,1-4H3;6H,4-5H2,1-3H3. The van der Waals surface area contributed by atoms with Gasteiger partial charge in [0, 0.05) is 73.2 Å². The summed E-state index contributed by atoms with van der Waals surface area (Å²) in [5.41, 5.74) is 0. The second kappa shape index (κ2) is 78.8. The Labute approximate surface area is 678 Å². The summed E-state index contributed by atoms with van der Waals surface area (Å²) in [5, 5.41) is 0. The van der Waals surface area contributed by atoms with Crippen molar-refractivity contribution < 1.29 is 104 Å². The van der Waals surface area contributed by atoms with E-state index >= 15 is 0 Å². The zero-order chi connectivity index (χ0) is 82.2. The molecule has 27 heteroatoms. The van der Waals surface area contributed by atoms with Gasteiger partial charge in [-0.2, -0.15) is 0 Å². The fourth-order valence-electron chi connectivity index (χ4n) is 11.4. The van der Waals surface area contributed by atoms with Crippen molar-refractivity contribution in [3.05, 3.63) is 0 Å². The van der Waals surface area contributed by atoms with E-state index in [9.17, 15) is 0 Å². The zero-order valence-electron chi connectivity index (χ0n) is 74.9. The number of fused-ring (bicyclic) bond motifs is 1. The van der Waals surface area contributed by atoms with E-state index in [1.807, 2.05) is 125 Å². The maximum atomic E-state index is 5.73. The summed E-state index contributed by atoms with van der Waals surface area (Å²) in [6, 6.07) is 0. The number of likely N-dealkylation sites (N-methyl/N-ethyl adjacent to an activating group) is 2. The van der Waals surface area contributed by atoms with Gasteiger partial charge in [0.25, 0.3) is 0 Å². The minimum Gasteiger partial charge on any atom is -0.382 e. The highest BCUT2D eigenvalue weighted by Crippen LogP contribution is 2.30. The number of piperazine rings is 1. The lowest BCUT2D eigenvalue weighted by Gasteiger charge is -2.32. The van der Waals surface area contributed by atoms with Crippen LogP contribution in [0.4, 0.5) is 0 Å². The number of rotatable bonds is 50. The Balaban J connectivity index is 0.00000125. The van der Waals surface area contributed by atoms with Gasteiger partial charge in [-0.05, 0) is 203 Å². The minimum absolute atomic E-state index is 0.0101. The number of hydrogen-bond acceptors (Lipinski definition) is 27. The van der Waals surface area contributed by atoms with Crippen LogP contribution in [0, 0.1) is 0 Å². The van der Waals surface area contributed by atoms with Crippen molar-refractivity contribution in [3.8, 4) is 0 Å². The molecule has 0 aromatic heterocycles. The van der Waals surface area contributed by atoms with E-state index < -0.39 is 0 Å². The summed E-state index contributed by atoms with van der Waals surface area (Å²) in [6.07, 6.45) is 14.7. The Bertz CT molecular complexity index is 1770. The van der Waals surface area contributed by atoms with Crippen molar-refractivity contribution in [2.45, 2.75) is 254 Å². The van der Waals surface area contributed by atoms with Crippen molar-refractivity contribution in [3.63, 3.8) is 0 Å². The Morgan fingerprint density at radius 2 is 0.685 bits per heavy atom. The summed E-state index contributed by atoms with van der Waals surface area (Å²) < 4.78 is 119. The largest absolute Gasteiger partial charge is 0.382 e. The molecule has 7 aliphatic heterocycles. The highest BCUT2D eigenvalue weighted by Gasteiger charge is 2.48. The monoisotopic (exact) mass is 1610 g/mol. The van der Waals surface area contributed by atoms with E-state index in [0.29, 0.717) is 162 Å². The van der Waals surface area contributed by atoms with Gasteiger partial charge in [0.15, 0.2) is 0 Å². The summed E-state index contributed by atoms with van der Waals surface area (Å²) in [4.78, 5) is 11.9. The first-order valence-electron chi connectivity index (χ1n) is 43.0. The van der Waals surface area contributed by atoms with Crippen molar-refractivity contribution in [2.75, 3.05) is 299 Å². The van der Waals surface area contributed by atoms with Crippen LogP contribution in [0.15, 0.2) is 0 Å².